The number of Topliss-reactive ketones (excluding diaryl/α,β-unsaturated/α-hetero) is 1. The molecule has 0 radical (unpaired) electrons. The molecule has 0 unspecified atom stereocenters. The zero-order valence-corrected chi connectivity index (χ0v) is 15.2. The van der Waals surface area contributed by atoms with Gasteiger partial charge >= 0.3 is 12.4 Å². The number of pyridine rings is 1. The number of alkyl halides is 6. The fraction of sp³-hybridized carbons (Fsp3) is 0.158. The van der Waals surface area contributed by atoms with Gasteiger partial charge in [0.05, 0.1) is 11.1 Å². The van der Waals surface area contributed by atoms with Crippen LogP contribution in [-0.4, -0.2) is 25.8 Å². The van der Waals surface area contributed by atoms with Gasteiger partial charge in [-0.05, 0) is 35.9 Å². The van der Waals surface area contributed by atoms with Crippen molar-refractivity contribution < 1.29 is 36.2 Å². The molecule has 0 saturated carbocycles. The highest BCUT2D eigenvalue weighted by Crippen LogP contribution is 2.36. The third-order valence-corrected chi connectivity index (χ3v) is 4.08. The van der Waals surface area contributed by atoms with Crippen molar-refractivity contribution in [1.29, 1.82) is 0 Å². The van der Waals surface area contributed by atoms with E-state index in [-0.39, 0.29) is 17.6 Å². The largest absolute Gasteiger partial charge is 0.501 e. The van der Waals surface area contributed by atoms with Gasteiger partial charge in [0.2, 0.25) is 5.75 Å². The summed E-state index contributed by atoms with van der Waals surface area (Å²) in [5, 5.41) is 9.88. The lowest BCUT2D eigenvalue weighted by atomic mass is 10.00. The Bertz CT molecular complexity index is 1150. The summed E-state index contributed by atoms with van der Waals surface area (Å²) in [5.74, 6) is -2.49. The molecular weight excluding hydrogens is 432 g/mol. The van der Waals surface area contributed by atoms with E-state index in [1.807, 2.05) is 0 Å². The average Bonchev–Trinajstić information content (AvgIpc) is 2.69. The van der Waals surface area contributed by atoms with Crippen LogP contribution in [0.15, 0.2) is 47.4 Å². The first-order valence-corrected chi connectivity index (χ1v) is 8.42. The summed E-state index contributed by atoms with van der Waals surface area (Å²) in [6, 6.07) is 5.22. The second-order valence-corrected chi connectivity index (χ2v) is 6.34. The lowest BCUT2D eigenvalue weighted by Gasteiger charge is -2.14. The number of H-pyrrole nitrogens is 1. The predicted octanol–water partition coefficient (Wildman–Crippen LogP) is 4.00. The highest BCUT2D eigenvalue weighted by molar-refractivity contribution is 5.98. The molecule has 3 aromatic rings. The summed E-state index contributed by atoms with van der Waals surface area (Å²) >= 11 is 0. The Morgan fingerprint density at radius 2 is 1.61 bits per heavy atom. The number of carbonyl (C=O) groups excluding carboxylic acids is 1. The maximum Gasteiger partial charge on any atom is 0.416 e. The molecule has 6 nitrogen and oxygen atoms in total. The molecule has 2 heterocycles. The molecule has 12 heteroatoms. The Hall–Kier alpha value is -3.70. The minimum absolute atomic E-state index is 0.0733. The van der Waals surface area contributed by atoms with E-state index < -0.39 is 58.2 Å². The van der Waals surface area contributed by atoms with E-state index in [1.165, 1.54) is 18.3 Å². The molecule has 0 fully saturated rings. The molecule has 0 aliphatic heterocycles. The molecule has 0 spiro atoms. The van der Waals surface area contributed by atoms with E-state index in [9.17, 15) is 41.0 Å². The van der Waals surface area contributed by atoms with E-state index >= 15 is 0 Å². The van der Waals surface area contributed by atoms with Gasteiger partial charge in [-0.2, -0.15) is 26.3 Å². The third-order valence-electron chi connectivity index (χ3n) is 4.08. The fourth-order valence-corrected chi connectivity index (χ4v) is 2.68. The first kappa shape index (κ1) is 22.0. The summed E-state index contributed by atoms with van der Waals surface area (Å²) in [7, 11) is 0. The van der Waals surface area contributed by atoms with E-state index in [0.29, 0.717) is 12.1 Å². The van der Waals surface area contributed by atoms with Gasteiger partial charge in [0.15, 0.2) is 17.3 Å². The number of carbonyl (C=O) groups is 1. The van der Waals surface area contributed by atoms with Crippen molar-refractivity contribution in [2.24, 2.45) is 0 Å². The van der Waals surface area contributed by atoms with Gasteiger partial charge in [0.25, 0.3) is 5.56 Å². The molecule has 0 amide bonds. The maximum atomic E-state index is 13.0. The van der Waals surface area contributed by atoms with Crippen LogP contribution in [0.4, 0.5) is 26.3 Å². The number of nitrogens with zero attached hydrogens (tertiary/aromatic N) is 2. The standard InChI is InChI=1S/C19H11F6N3O3/c20-18(21,22)10-5-9(6-11(8-10)19(23,24)25)7-13(29)14-15(30)17(31)28-16(27-14)12-3-1-2-4-26-12/h1-6,8,30H,7H2,(H,27,28,31). The van der Waals surface area contributed by atoms with Crippen molar-refractivity contribution >= 4 is 5.78 Å². The van der Waals surface area contributed by atoms with Gasteiger partial charge in [-0.25, -0.2) is 4.98 Å². The quantitative estimate of drug-likeness (QED) is 0.470. The Morgan fingerprint density at radius 1 is 1.00 bits per heavy atom. The van der Waals surface area contributed by atoms with Crippen molar-refractivity contribution in [3.8, 4) is 17.3 Å². The Kier molecular flexibility index (Phi) is 5.57. The normalized spacial score (nSPS) is 12.1. The SMILES string of the molecule is O=C(Cc1cc(C(F)(F)F)cc(C(F)(F)F)c1)c1nc(-c2ccccn2)[nH]c(=O)c1O. The molecule has 2 aromatic heterocycles. The number of hydrogen-bond donors (Lipinski definition) is 2. The van der Waals surface area contributed by atoms with Crippen molar-refractivity contribution in [1.82, 2.24) is 15.0 Å². The first-order chi connectivity index (χ1) is 14.4. The zero-order valence-electron chi connectivity index (χ0n) is 15.2. The Balaban J connectivity index is 2.04. The summed E-state index contributed by atoms with van der Waals surface area (Å²) in [6.45, 7) is 0. The number of halogens is 6. The Morgan fingerprint density at radius 3 is 2.13 bits per heavy atom. The fourth-order valence-electron chi connectivity index (χ4n) is 2.68. The molecule has 0 atom stereocenters. The van der Waals surface area contributed by atoms with Gasteiger partial charge in [-0.15, -0.1) is 0 Å². The zero-order chi connectivity index (χ0) is 23.0. The molecule has 31 heavy (non-hydrogen) atoms. The number of aromatic hydroxyl groups is 1. The van der Waals surface area contributed by atoms with Crippen molar-refractivity contribution in [2.75, 3.05) is 0 Å². The summed E-state index contributed by atoms with van der Waals surface area (Å²) in [5.41, 5.74) is -5.63. The van der Waals surface area contributed by atoms with E-state index in [4.69, 9.17) is 0 Å². The highest BCUT2D eigenvalue weighted by Gasteiger charge is 2.37. The first-order valence-electron chi connectivity index (χ1n) is 8.42. The molecular formula is C19H11F6N3O3. The molecule has 3 rings (SSSR count). The van der Waals surface area contributed by atoms with Crippen LogP contribution in [0.1, 0.15) is 27.2 Å². The number of nitrogens with one attached hydrogen (secondary N) is 1. The van der Waals surface area contributed by atoms with Gasteiger partial charge in [0, 0.05) is 12.6 Å². The third kappa shape index (κ3) is 4.90. The van der Waals surface area contributed by atoms with E-state index in [0.717, 1.165) is 0 Å². The van der Waals surface area contributed by atoms with Crippen LogP contribution in [-0.2, 0) is 18.8 Å². The lowest BCUT2D eigenvalue weighted by Crippen LogP contribution is -2.18. The summed E-state index contributed by atoms with van der Waals surface area (Å²) < 4.78 is 78.0. The smallest absolute Gasteiger partial charge is 0.416 e. The molecule has 1 aromatic carbocycles. The predicted molar refractivity (Wildman–Crippen MR) is 94.2 cm³/mol. The molecule has 0 saturated heterocycles. The lowest BCUT2D eigenvalue weighted by molar-refractivity contribution is -0.143. The number of ketones is 1. The number of rotatable bonds is 4. The highest BCUT2D eigenvalue weighted by atomic mass is 19.4. The van der Waals surface area contributed by atoms with Crippen LogP contribution >= 0.6 is 0 Å². The van der Waals surface area contributed by atoms with E-state index in [2.05, 4.69) is 15.0 Å². The number of benzene rings is 1. The van der Waals surface area contributed by atoms with Crippen LogP contribution in [0.25, 0.3) is 11.5 Å². The minimum atomic E-state index is -5.09. The van der Waals surface area contributed by atoms with Crippen molar-refractivity contribution in [3.63, 3.8) is 0 Å². The number of hydrogen-bond acceptors (Lipinski definition) is 5. The van der Waals surface area contributed by atoms with Gasteiger partial charge in [-0.1, -0.05) is 6.07 Å². The van der Waals surface area contributed by atoms with Crippen LogP contribution in [0.3, 0.4) is 0 Å². The second-order valence-electron chi connectivity index (χ2n) is 6.34. The minimum Gasteiger partial charge on any atom is -0.501 e. The molecule has 0 aliphatic carbocycles. The van der Waals surface area contributed by atoms with Crippen LogP contribution < -0.4 is 5.56 Å². The Labute approximate surface area is 169 Å². The topological polar surface area (TPSA) is 95.9 Å². The van der Waals surface area contributed by atoms with Gasteiger partial charge in [-0.3, -0.25) is 14.6 Å². The van der Waals surface area contributed by atoms with Crippen molar-refractivity contribution in [3.05, 3.63) is 75.3 Å². The molecule has 2 N–H and O–H groups in total. The second kappa shape index (κ2) is 7.85. The van der Waals surface area contributed by atoms with Crippen molar-refractivity contribution in [2.45, 2.75) is 18.8 Å². The molecule has 0 aliphatic rings. The average molecular weight is 443 g/mol. The van der Waals surface area contributed by atoms with E-state index in [1.54, 1.807) is 6.07 Å². The van der Waals surface area contributed by atoms with Crippen LogP contribution in [0.2, 0.25) is 0 Å². The molecule has 0 bridgehead atoms. The monoisotopic (exact) mass is 443 g/mol. The molecule has 162 valence electrons. The van der Waals surface area contributed by atoms with Crippen LogP contribution in [0.5, 0.6) is 5.75 Å². The number of aromatic nitrogens is 3. The van der Waals surface area contributed by atoms with Gasteiger partial charge < -0.3 is 10.1 Å². The number of aromatic amines is 1. The van der Waals surface area contributed by atoms with Crippen LogP contribution in [0, 0.1) is 0 Å². The summed E-state index contributed by atoms with van der Waals surface area (Å²) in [4.78, 5) is 34.3. The maximum absolute atomic E-state index is 13.0. The summed E-state index contributed by atoms with van der Waals surface area (Å²) in [6.07, 6.45) is -9.80. The van der Waals surface area contributed by atoms with Gasteiger partial charge in [0.1, 0.15) is 5.69 Å².